The molecule has 0 atom stereocenters. The molecule has 0 aromatic heterocycles. The van der Waals surface area contributed by atoms with E-state index in [1.807, 2.05) is 0 Å². The smallest absolute Gasteiger partial charge is 0.332 e. The second-order valence-corrected chi connectivity index (χ2v) is 4.11. The van der Waals surface area contributed by atoms with E-state index in [9.17, 15) is 4.79 Å². The van der Waals surface area contributed by atoms with E-state index in [1.165, 1.54) is 19.3 Å². The minimum Gasteiger partial charge on any atom is -0.464 e. The Hall–Kier alpha value is -0.870. The van der Waals surface area contributed by atoms with Crippen LogP contribution >= 0.6 is 0 Å². The summed E-state index contributed by atoms with van der Waals surface area (Å²) >= 11 is 0. The molecule has 0 aromatic rings. The summed E-state index contributed by atoms with van der Waals surface area (Å²) < 4.78 is 9.91. The van der Waals surface area contributed by atoms with E-state index in [0.29, 0.717) is 13.2 Å². The van der Waals surface area contributed by atoms with Crippen molar-refractivity contribution < 1.29 is 14.3 Å². The summed E-state index contributed by atoms with van der Waals surface area (Å²) in [6.07, 6.45) is 7.31. The fourth-order valence-electron chi connectivity index (χ4n) is 1.84. The van der Waals surface area contributed by atoms with Crippen LogP contribution in [0.5, 0.6) is 0 Å². The molecule has 4 heteroatoms. The van der Waals surface area contributed by atoms with Crippen molar-refractivity contribution in [3.05, 3.63) is 11.6 Å². The molecule has 1 aliphatic rings. The summed E-state index contributed by atoms with van der Waals surface area (Å²) in [5.74, 6) is -0.288. The van der Waals surface area contributed by atoms with Crippen molar-refractivity contribution in [2.45, 2.75) is 32.6 Å². The van der Waals surface area contributed by atoms with Crippen LogP contribution in [0.15, 0.2) is 11.6 Å². The molecule has 0 unspecified atom stereocenters. The molecule has 98 valence electrons. The van der Waals surface area contributed by atoms with Crippen molar-refractivity contribution >= 4 is 5.97 Å². The van der Waals surface area contributed by atoms with Crippen molar-refractivity contribution in [3.8, 4) is 0 Å². The van der Waals surface area contributed by atoms with Crippen LogP contribution in [0.25, 0.3) is 0 Å². The normalized spacial score (nSPS) is 14.8. The van der Waals surface area contributed by atoms with Gasteiger partial charge in [0.2, 0.25) is 0 Å². The molecule has 0 aliphatic heterocycles. The van der Waals surface area contributed by atoms with Crippen molar-refractivity contribution in [2.75, 3.05) is 32.9 Å². The van der Waals surface area contributed by atoms with E-state index in [1.54, 1.807) is 12.5 Å². The molecule has 1 rings (SSSR count). The molecule has 4 nitrogen and oxygen atoms in total. The van der Waals surface area contributed by atoms with E-state index in [0.717, 1.165) is 19.5 Å². The quantitative estimate of drug-likeness (QED) is 0.379. The molecule has 0 fully saturated rings. The van der Waals surface area contributed by atoms with Crippen LogP contribution in [0.1, 0.15) is 32.6 Å². The van der Waals surface area contributed by atoms with E-state index >= 15 is 0 Å². The number of nitrogens with one attached hydrogen (secondary N) is 1. The molecule has 0 radical (unpaired) electrons. The van der Waals surface area contributed by atoms with Crippen molar-refractivity contribution in [1.29, 1.82) is 0 Å². The Morgan fingerprint density at radius 1 is 1.47 bits per heavy atom. The summed E-state index contributed by atoms with van der Waals surface area (Å²) in [5, 5.41) is 3.30. The van der Waals surface area contributed by atoms with Gasteiger partial charge in [0, 0.05) is 6.54 Å². The van der Waals surface area contributed by atoms with Gasteiger partial charge in [-0.2, -0.15) is 0 Å². The molecule has 0 heterocycles. The van der Waals surface area contributed by atoms with Crippen LogP contribution in [0.4, 0.5) is 0 Å². The molecule has 1 N–H and O–H groups in total. The Bertz CT molecular complexity index is 251. The van der Waals surface area contributed by atoms with E-state index < -0.39 is 0 Å². The average molecular weight is 241 g/mol. The average Bonchev–Trinajstić information content (AvgIpc) is 2.81. The number of rotatable bonds is 9. The Labute approximate surface area is 103 Å². The van der Waals surface area contributed by atoms with Gasteiger partial charge in [-0.15, -0.1) is 0 Å². The second kappa shape index (κ2) is 9.19. The fraction of sp³-hybridized carbons (Fsp3) is 0.769. The summed E-state index contributed by atoms with van der Waals surface area (Å²) in [6, 6.07) is 0. The first kappa shape index (κ1) is 14.2. The number of hydrogen-bond donors (Lipinski definition) is 1. The van der Waals surface area contributed by atoms with Gasteiger partial charge in [-0.3, -0.25) is 0 Å². The zero-order chi connectivity index (χ0) is 12.3. The lowest BCUT2D eigenvalue weighted by atomic mass is 10.2. The van der Waals surface area contributed by atoms with Gasteiger partial charge in [0.05, 0.1) is 13.2 Å². The summed E-state index contributed by atoms with van der Waals surface area (Å²) in [6.45, 7) is 4.59. The SMILES string of the molecule is CCOC(=O)COCCNCCC1=CCCC1. The van der Waals surface area contributed by atoms with Gasteiger partial charge in [-0.1, -0.05) is 11.6 Å². The predicted octanol–water partition coefficient (Wildman–Crippen LogP) is 1.66. The maximum absolute atomic E-state index is 10.9. The van der Waals surface area contributed by atoms with Crippen molar-refractivity contribution in [3.63, 3.8) is 0 Å². The highest BCUT2D eigenvalue weighted by molar-refractivity contribution is 5.70. The first-order valence-electron chi connectivity index (χ1n) is 6.45. The molecule has 17 heavy (non-hydrogen) atoms. The highest BCUT2D eigenvalue weighted by Gasteiger charge is 2.03. The van der Waals surface area contributed by atoms with Gasteiger partial charge >= 0.3 is 5.97 Å². The van der Waals surface area contributed by atoms with Crippen LogP contribution in [0, 0.1) is 0 Å². The number of hydrogen-bond acceptors (Lipinski definition) is 4. The zero-order valence-corrected chi connectivity index (χ0v) is 10.7. The van der Waals surface area contributed by atoms with E-state index in [-0.39, 0.29) is 12.6 Å². The van der Waals surface area contributed by atoms with E-state index in [2.05, 4.69) is 11.4 Å². The van der Waals surface area contributed by atoms with Gasteiger partial charge in [-0.05, 0) is 39.2 Å². The van der Waals surface area contributed by atoms with Crippen LogP contribution in [0.3, 0.4) is 0 Å². The highest BCUT2D eigenvalue weighted by Crippen LogP contribution is 2.19. The van der Waals surface area contributed by atoms with Gasteiger partial charge in [0.15, 0.2) is 0 Å². The largest absolute Gasteiger partial charge is 0.464 e. The van der Waals surface area contributed by atoms with Gasteiger partial charge in [-0.25, -0.2) is 4.79 Å². The summed E-state index contributed by atoms with van der Waals surface area (Å²) in [7, 11) is 0. The standard InChI is InChI=1S/C13H23NO3/c1-2-17-13(15)11-16-10-9-14-8-7-12-5-3-4-6-12/h5,14H,2-4,6-11H2,1H3. The third-order valence-corrected chi connectivity index (χ3v) is 2.71. The molecule has 0 saturated heterocycles. The summed E-state index contributed by atoms with van der Waals surface area (Å²) in [5.41, 5.74) is 1.57. The molecule has 0 aromatic carbocycles. The van der Waals surface area contributed by atoms with Gasteiger partial charge in [0.1, 0.15) is 6.61 Å². The number of esters is 1. The Morgan fingerprint density at radius 2 is 2.35 bits per heavy atom. The highest BCUT2D eigenvalue weighted by atomic mass is 16.6. The Morgan fingerprint density at radius 3 is 3.06 bits per heavy atom. The van der Waals surface area contributed by atoms with Crippen LogP contribution in [0.2, 0.25) is 0 Å². The van der Waals surface area contributed by atoms with E-state index in [4.69, 9.17) is 9.47 Å². The minimum atomic E-state index is -0.288. The molecule has 0 amide bonds. The minimum absolute atomic E-state index is 0.0562. The maximum Gasteiger partial charge on any atom is 0.332 e. The molecule has 1 aliphatic carbocycles. The zero-order valence-electron chi connectivity index (χ0n) is 10.7. The fourth-order valence-corrected chi connectivity index (χ4v) is 1.84. The van der Waals surface area contributed by atoms with Gasteiger partial charge in [0.25, 0.3) is 0 Å². The van der Waals surface area contributed by atoms with Crippen molar-refractivity contribution in [1.82, 2.24) is 5.32 Å². The number of carbonyl (C=O) groups is 1. The Kier molecular flexibility index (Phi) is 7.67. The third kappa shape index (κ3) is 7.13. The topological polar surface area (TPSA) is 47.6 Å². The first-order chi connectivity index (χ1) is 8.33. The summed E-state index contributed by atoms with van der Waals surface area (Å²) in [4.78, 5) is 10.9. The molecule has 0 spiro atoms. The lowest BCUT2D eigenvalue weighted by molar-refractivity contribution is -0.148. The molecule has 0 bridgehead atoms. The van der Waals surface area contributed by atoms with Crippen LogP contribution in [-0.2, 0) is 14.3 Å². The number of ether oxygens (including phenoxy) is 2. The maximum atomic E-state index is 10.9. The van der Waals surface area contributed by atoms with Gasteiger partial charge < -0.3 is 14.8 Å². The monoisotopic (exact) mass is 241 g/mol. The van der Waals surface area contributed by atoms with Crippen LogP contribution in [-0.4, -0.2) is 38.9 Å². The number of carbonyl (C=O) groups excluding carboxylic acids is 1. The number of allylic oxidation sites excluding steroid dienone is 1. The first-order valence-corrected chi connectivity index (χ1v) is 6.45. The lowest BCUT2D eigenvalue weighted by Crippen LogP contribution is -2.23. The van der Waals surface area contributed by atoms with Crippen LogP contribution < -0.4 is 5.32 Å². The third-order valence-electron chi connectivity index (χ3n) is 2.71. The Balaban J connectivity index is 1.82. The van der Waals surface area contributed by atoms with Crippen molar-refractivity contribution in [2.24, 2.45) is 0 Å². The second-order valence-electron chi connectivity index (χ2n) is 4.11. The molecular formula is C13H23NO3. The lowest BCUT2D eigenvalue weighted by Gasteiger charge is -2.06. The predicted molar refractivity (Wildman–Crippen MR) is 66.9 cm³/mol. The molecular weight excluding hydrogens is 218 g/mol. The molecule has 0 saturated carbocycles.